The molecular formula is C19H23N5O4. The van der Waals surface area contributed by atoms with Crippen LogP contribution in [0.2, 0.25) is 0 Å². The summed E-state index contributed by atoms with van der Waals surface area (Å²) in [5.41, 5.74) is 0.835. The van der Waals surface area contributed by atoms with Crippen LogP contribution in [-0.2, 0) is 14.3 Å². The van der Waals surface area contributed by atoms with Crippen molar-refractivity contribution >= 4 is 17.9 Å². The van der Waals surface area contributed by atoms with E-state index in [1.807, 2.05) is 12.1 Å². The number of morpholine rings is 2. The van der Waals surface area contributed by atoms with Gasteiger partial charge in [0.15, 0.2) is 5.82 Å². The smallest absolute Gasteiger partial charge is 0.308 e. The average molecular weight is 385 g/mol. The third kappa shape index (κ3) is 4.37. The van der Waals surface area contributed by atoms with Crippen molar-refractivity contribution in [3.8, 4) is 17.1 Å². The number of hydrogen-bond donors (Lipinski definition) is 0. The minimum Gasteiger partial charge on any atom is -0.427 e. The monoisotopic (exact) mass is 385 g/mol. The van der Waals surface area contributed by atoms with Gasteiger partial charge in [0.1, 0.15) is 5.75 Å². The lowest BCUT2D eigenvalue weighted by Gasteiger charge is -2.30. The van der Waals surface area contributed by atoms with E-state index in [9.17, 15) is 4.79 Å². The van der Waals surface area contributed by atoms with Crippen LogP contribution in [0, 0.1) is 0 Å². The van der Waals surface area contributed by atoms with Crippen LogP contribution in [-0.4, -0.2) is 73.5 Å². The van der Waals surface area contributed by atoms with Crippen molar-refractivity contribution in [1.29, 1.82) is 0 Å². The van der Waals surface area contributed by atoms with Crippen LogP contribution in [0.15, 0.2) is 24.3 Å². The van der Waals surface area contributed by atoms with Crippen molar-refractivity contribution in [2.45, 2.75) is 6.92 Å². The van der Waals surface area contributed by atoms with Gasteiger partial charge < -0.3 is 24.0 Å². The van der Waals surface area contributed by atoms with Gasteiger partial charge in [0.25, 0.3) is 0 Å². The zero-order chi connectivity index (χ0) is 19.3. The number of rotatable bonds is 4. The molecule has 0 amide bonds. The molecule has 0 radical (unpaired) electrons. The lowest BCUT2D eigenvalue weighted by Crippen LogP contribution is -2.40. The number of ether oxygens (including phenoxy) is 3. The van der Waals surface area contributed by atoms with Gasteiger partial charge in [-0.25, -0.2) is 0 Å². The van der Waals surface area contributed by atoms with Gasteiger partial charge in [0.2, 0.25) is 11.9 Å². The molecule has 0 aliphatic carbocycles. The first-order valence-electron chi connectivity index (χ1n) is 9.39. The molecule has 2 fully saturated rings. The molecule has 2 aliphatic heterocycles. The van der Waals surface area contributed by atoms with Crippen LogP contribution in [0.1, 0.15) is 6.92 Å². The second kappa shape index (κ2) is 8.49. The highest BCUT2D eigenvalue weighted by Crippen LogP contribution is 2.24. The summed E-state index contributed by atoms with van der Waals surface area (Å²) in [5.74, 6) is 2.04. The van der Waals surface area contributed by atoms with Crippen LogP contribution < -0.4 is 14.5 Å². The average Bonchev–Trinajstić information content (AvgIpc) is 2.75. The fraction of sp³-hybridized carbons (Fsp3) is 0.474. The molecule has 0 N–H and O–H groups in total. The standard InChI is InChI=1S/C19H23N5O4/c1-14(25)28-16-4-2-15(3-5-16)17-20-18(23-6-10-26-11-7-23)22-19(21-17)24-8-12-27-13-9-24/h2-5H,6-13H2,1H3. The van der Waals surface area contributed by atoms with Gasteiger partial charge in [-0.3, -0.25) is 4.79 Å². The second-order valence-corrected chi connectivity index (χ2v) is 6.58. The van der Waals surface area contributed by atoms with Crippen molar-refractivity contribution in [3.05, 3.63) is 24.3 Å². The van der Waals surface area contributed by atoms with Crippen LogP contribution in [0.25, 0.3) is 11.4 Å². The summed E-state index contributed by atoms with van der Waals surface area (Å²) >= 11 is 0. The van der Waals surface area contributed by atoms with Gasteiger partial charge in [-0.15, -0.1) is 0 Å². The number of esters is 1. The number of anilines is 2. The Balaban J connectivity index is 1.67. The summed E-state index contributed by atoms with van der Waals surface area (Å²) in [6.45, 7) is 7.00. The Bertz CT molecular complexity index is 781. The van der Waals surface area contributed by atoms with Crippen molar-refractivity contribution < 1.29 is 19.0 Å². The summed E-state index contributed by atoms with van der Waals surface area (Å²) in [5, 5.41) is 0. The highest BCUT2D eigenvalue weighted by atomic mass is 16.5. The predicted molar refractivity (Wildman–Crippen MR) is 103 cm³/mol. The van der Waals surface area contributed by atoms with Gasteiger partial charge in [-0.05, 0) is 24.3 Å². The zero-order valence-corrected chi connectivity index (χ0v) is 15.8. The van der Waals surface area contributed by atoms with Crippen molar-refractivity contribution in [3.63, 3.8) is 0 Å². The molecule has 0 unspecified atom stereocenters. The second-order valence-electron chi connectivity index (χ2n) is 6.58. The molecule has 4 rings (SSSR count). The number of aromatic nitrogens is 3. The molecule has 3 heterocycles. The van der Waals surface area contributed by atoms with Crippen LogP contribution in [0.3, 0.4) is 0 Å². The Labute approximate surface area is 163 Å². The molecule has 148 valence electrons. The largest absolute Gasteiger partial charge is 0.427 e. The maximum absolute atomic E-state index is 11.1. The predicted octanol–water partition coefficient (Wildman–Crippen LogP) is 1.14. The minimum atomic E-state index is -0.350. The molecule has 2 aromatic rings. The SMILES string of the molecule is CC(=O)Oc1ccc(-c2nc(N3CCOCC3)nc(N3CCOCC3)n2)cc1. The lowest BCUT2D eigenvalue weighted by molar-refractivity contribution is -0.131. The van der Waals surface area contributed by atoms with Crippen LogP contribution in [0.4, 0.5) is 11.9 Å². The maximum Gasteiger partial charge on any atom is 0.308 e. The first-order valence-corrected chi connectivity index (χ1v) is 9.39. The first-order chi connectivity index (χ1) is 13.7. The van der Waals surface area contributed by atoms with Crippen LogP contribution in [0.5, 0.6) is 5.75 Å². The molecular weight excluding hydrogens is 362 g/mol. The molecule has 9 nitrogen and oxygen atoms in total. The Hall–Kier alpha value is -2.78. The van der Waals surface area contributed by atoms with E-state index >= 15 is 0 Å². The Morgan fingerprint density at radius 1 is 0.857 bits per heavy atom. The van der Waals surface area contributed by atoms with Gasteiger partial charge >= 0.3 is 5.97 Å². The molecule has 1 aromatic carbocycles. The van der Waals surface area contributed by atoms with Gasteiger partial charge in [-0.2, -0.15) is 15.0 Å². The molecule has 0 bridgehead atoms. The number of carbonyl (C=O) groups excluding carboxylic acids is 1. The van der Waals surface area contributed by atoms with Gasteiger partial charge in [-0.1, -0.05) is 0 Å². The van der Waals surface area contributed by atoms with Crippen LogP contribution >= 0.6 is 0 Å². The normalized spacial score (nSPS) is 17.5. The fourth-order valence-corrected chi connectivity index (χ4v) is 3.13. The van der Waals surface area contributed by atoms with E-state index in [4.69, 9.17) is 29.2 Å². The summed E-state index contributed by atoms with van der Waals surface area (Å²) in [6.07, 6.45) is 0. The van der Waals surface area contributed by atoms with E-state index in [0.29, 0.717) is 49.9 Å². The molecule has 0 atom stereocenters. The Kier molecular flexibility index (Phi) is 5.63. The number of carbonyl (C=O) groups is 1. The molecule has 28 heavy (non-hydrogen) atoms. The molecule has 2 saturated heterocycles. The molecule has 2 aliphatic rings. The van der Waals surface area contributed by atoms with Crippen molar-refractivity contribution in [1.82, 2.24) is 15.0 Å². The highest BCUT2D eigenvalue weighted by Gasteiger charge is 2.21. The first kappa shape index (κ1) is 18.6. The molecule has 1 aromatic heterocycles. The summed E-state index contributed by atoms with van der Waals surface area (Å²) < 4.78 is 16.0. The van der Waals surface area contributed by atoms with E-state index in [1.165, 1.54) is 6.92 Å². The van der Waals surface area contributed by atoms with Gasteiger partial charge in [0.05, 0.1) is 26.4 Å². The van der Waals surface area contributed by atoms with E-state index in [2.05, 4.69) is 9.80 Å². The lowest BCUT2D eigenvalue weighted by atomic mass is 10.2. The summed E-state index contributed by atoms with van der Waals surface area (Å²) in [6, 6.07) is 7.17. The fourth-order valence-electron chi connectivity index (χ4n) is 3.13. The highest BCUT2D eigenvalue weighted by molar-refractivity contribution is 5.70. The van der Waals surface area contributed by atoms with E-state index in [0.717, 1.165) is 31.7 Å². The van der Waals surface area contributed by atoms with E-state index in [-0.39, 0.29) is 5.97 Å². The maximum atomic E-state index is 11.1. The molecule has 0 saturated carbocycles. The quantitative estimate of drug-likeness (QED) is 0.567. The zero-order valence-electron chi connectivity index (χ0n) is 15.8. The minimum absolute atomic E-state index is 0.350. The molecule has 9 heteroatoms. The Morgan fingerprint density at radius 2 is 1.36 bits per heavy atom. The third-order valence-corrected chi connectivity index (χ3v) is 4.57. The Morgan fingerprint density at radius 3 is 1.82 bits per heavy atom. The van der Waals surface area contributed by atoms with Crippen molar-refractivity contribution in [2.24, 2.45) is 0 Å². The summed E-state index contributed by atoms with van der Waals surface area (Å²) in [7, 11) is 0. The molecule has 0 spiro atoms. The van der Waals surface area contributed by atoms with E-state index in [1.54, 1.807) is 12.1 Å². The van der Waals surface area contributed by atoms with E-state index < -0.39 is 0 Å². The topological polar surface area (TPSA) is 89.9 Å². The number of hydrogen-bond acceptors (Lipinski definition) is 9. The number of nitrogens with zero attached hydrogens (tertiary/aromatic N) is 5. The summed E-state index contributed by atoms with van der Waals surface area (Å²) in [4.78, 5) is 29.5. The van der Waals surface area contributed by atoms with Crippen molar-refractivity contribution in [2.75, 3.05) is 62.4 Å². The van der Waals surface area contributed by atoms with Gasteiger partial charge in [0, 0.05) is 38.7 Å². The number of benzene rings is 1. The third-order valence-electron chi connectivity index (χ3n) is 4.57.